The molecule has 0 spiro atoms. The predicted octanol–water partition coefficient (Wildman–Crippen LogP) is 0.752. The van der Waals surface area contributed by atoms with Gasteiger partial charge in [-0.1, -0.05) is 29.8 Å². The van der Waals surface area contributed by atoms with Gasteiger partial charge < -0.3 is 11.1 Å². The molecule has 1 fully saturated rings. The van der Waals surface area contributed by atoms with Gasteiger partial charge in [-0.3, -0.25) is 0 Å². The second-order valence-electron chi connectivity index (χ2n) is 3.63. The van der Waals surface area contributed by atoms with Crippen molar-refractivity contribution in [2.24, 2.45) is 5.73 Å². The molecule has 0 atom stereocenters. The number of hydrogen-bond donors (Lipinski definition) is 2. The highest BCUT2D eigenvalue weighted by Gasteiger charge is 2.33. The molecule has 1 aliphatic heterocycles. The van der Waals surface area contributed by atoms with E-state index in [1.807, 2.05) is 0 Å². The maximum absolute atomic E-state index is 6.13. The summed E-state index contributed by atoms with van der Waals surface area (Å²) in [5, 5.41) is 3.19. The number of benzene rings is 1. The van der Waals surface area contributed by atoms with Crippen molar-refractivity contribution in [2.75, 3.05) is 13.1 Å². The van der Waals surface area contributed by atoms with Crippen molar-refractivity contribution in [3.05, 3.63) is 35.4 Å². The lowest BCUT2D eigenvalue weighted by molar-refractivity contribution is 0.287. The van der Waals surface area contributed by atoms with E-state index in [1.54, 1.807) is 0 Å². The van der Waals surface area contributed by atoms with Gasteiger partial charge in [0.25, 0.3) is 0 Å². The fraction of sp³-hybridized carbons (Fsp3) is 0.400. The van der Waals surface area contributed by atoms with E-state index in [0.29, 0.717) is 0 Å². The lowest BCUT2D eigenvalue weighted by atomic mass is 9.85. The van der Waals surface area contributed by atoms with Gasteiger partial charge in [0.05, 0.1) is 5.54 Å². The number of nitrogens with one attached hydrogen (secondary N) is 1. The Kier molecular flexibility index (Phi) is 1.67. The van der Waals surface area contributed by atoms with Gasteiger partial charge in [-0.2, -0.15) is 0 Å². The third-order valence-corrected chi connectivity index (χ3v) is 2.47. The molecule has 0 aliphatic carbocycles. The lowest BCUT2D eigenvalue weighted by Gasteiger charge is -2.39. The molecule has 0 unspecified atom stereocenters. The molecule has 1 aliphatic rings. The van der Waals surface area contributed by atoms with Gasteiger partial charge in [0.15, 0.2) is 0 Å². The minimum absolute atomic E-state index is 0.105. The standard InChI is InChI=1S/C10H14N2/c1-8-3-2-4-9(5-8)10(11)6-12-7-10/h2-5,12H,6-7,11H2,1H3. The normalized spacial score (nSPS) is 20.2. The summed E-state index contributed by atoms with van der Waals surface area (Å²) in [5.74, 6) is 0. The fourth-order valence-corrected chi connectivity index (χ4v) is 1.55. The molecule has 1 aromatic rings. The molecular weight excluding hydrogens is 148 g/mol. The van der Waals surface area contributed by atoms with Gasteiger partial charge in [0.2, 0.25) is 0 Å². The first-order valence-corrected chi connectivity index (χ1v) is 4.27. The summed E-state index contributed by atoms with van der Waals surface area (Å²) in [7, 11) is 0. The first-order valence-electron chi connectivity index (χ1n) is 4.27. The van der Waals surface area contributed by atoms with Crippen LogP contribution in [-0.4, -0.2) is 13.1 Å². The SMILES string of the molecule is Cc1cccc(C2(N)CNC2)c1. The average molecular weight is 162 g/mol. The van der Waals surface area contributed by atoms with Crippen molar-refractivity contribution in [3.8, 4) is 0 Å². The van der Waals surface area contributed by atoms with Crippen molar-refractivity contribution < 1.29 is 0 Å². The molecule has 0 bridgehead atoms. The minimum Gasteiger partial charge on any atom is -0.319 e. The second-order valence-corrected chi connectivity index (χ2v) is 3.63. The van der Waals surface area contributed by atoms with Crippen LogP contribution in [0.3, 0.4) is 0 Å². The minimum atomic E-state index is -0.105. The Hall–Kier alpha value is -0.860. The summed E-state index contributed by atoms with van der Waals surface area (Å²) in [6.07, 6.45) is 0. The molecule has 0 radical (unpaired) electrons. The Morgan fingerprint density at radius 3 is 2.67 bits per heavy atom. The van der Waals surface area contributed by atoms with E-state index in [-0.39, 0.29) is 5.54 Å². The highest BCUT2D eigenvalue weighted by molar-refractivity contribution is 5.31. The van der Waals surface area contributed by atoms with E-state index >= 15 is 0 Å². The van der Waals surface area contributed by atoms with Gasteiger partial charge >= 0.3 is 0 Å². The lowest BCUT2D eigenvalue weighted by Crippen LogP contribution is -2.62. The second kappa shape index (κ2) is 2.57. The Balaban J connectivity index is 2.33. The van der Waals surface area contributed by atoms with Gasteiger partial charge in [0.1, 0.15) is 0 Å². The third kappa shape index (κ3) is 1.13. The highest BCUT2D eigenvalue weighted by atomic mass is 15.1. The molecule has 2 heteroatoms. The molecule has 1 heterocycles. The summed E-state index contributed by atoms with van der Waals surface area (Å²) in [5.41, 5.74) is 8.56. The summed E-state index contributed by atoms with van der Waals surface area (Å²) >= 11 is 0. The van der Waals surface area contributed by atoms with Crippen molar-refractivity contribution in [1.82, 2.24) is 5.32 Å². The van der Waals surface area contributed by atoms with Gasteiger partial charge in [-0.25, -0.2) is 0 Å². The summed E-state index contributed by atoms with van der Waals surface area (Å²) in [6.45, 7) is 3.89. The zero-order chi connectivity index (χ0) is 8.60. The zero-order valence-electron chi connectivity index (χ0n) is 7.30. The quantitative estimate of drug-likeness (QED) is 0.639. The van der Waals surface area contributed by atoms with Crippen molar-refractivity contribution in [1.29, 1.82) is 0 Å². The van der Waals surface area contributed by atoms with Gasteiger partial charge in [-0.05, 0) is 12.5 Å². The highest BCUT2D eigenvalue weighted by Crippen LogP contribution is 2.22. The van der Waals surface area contributed by atoms with Crippen LogP contribution in [0.5, 0.6) is 0 Å². The molecule has 1 saturated heterocycles. The van der Waals surface area contributed by atoms with Gasteiger partial charge in [-0.15, -0.1) is 0 Å². The van der Waals surface area contributed by atoms with Crippen molar-refractivity contribution in [2.45, 2.75) is 12.5 Å². The zero-order valence-corrected chi connectivity index (χ0v) is 7.30. The predicted molar refractivity (Wildman–Crippen MR) is 49.9 cm³/mol. The van der Waals surface area contributed by atoms with Crippen LogP contribution in [-0.2, 0) is 5.54 Å². The number of hydrogen-bond acceptors (Lipinski definition) is 2. The molecule has 2 nitrogen and oxygen atoms in total. The molecule has 0 aromatic heterocycles. The Labute approximate surface area is 72.8 Å². The van der Waals surface area contributed by atoms with Crippen molar-refractivity contribution in [3.63, 3.8) is 0 Å². The molecule has 12 heavy (non-hydrogen) atoms. The molecule has 2 rings (SSSR count). The third-order valence-electron chi connectivity index (χ3n) is 2.47. The number of aryl methyl sites for hydroxylation is 1. The van der Waals surface area contributed by atoms with Gasteiger partial charge in [0, 0.05) is 13.1 Å². The van der Waals surface area contributed by atoms with Crippen LogP contribution in [0.4, 0.5) is 0 Å². The van der Waals surface area contributed by atoms with Crippen LogP contribution in [0.2, 0.25) is 0 Å². The van der Waals surface area contributed by atoms with E-state index in [0.717, 1.165) is 13.1 Å². The average Bonchev–Trinajstić information content (AvgIpc) is 2.00. The maximum Gasteiger partial charge on any atom is 0.0662 e. The first kappa shape index (κ1) is 7.77. The number of rotatable bonds is 1. The molecule has 64 valence electrons. The monoisotopic (exact) mass is 162 g/mol. The van der Waals surface area contributed by atoms with Crippen LogP contribution in [0.25, 0.3) is 0 Å². The van der Waals surface area contributed by atoms with Crippen LogP contribution < -0.4 is 11.1 Å². The Bertz CT molecular complexity index is 290. The summed E-state index contributed by atoms with van der Waals surface area (Å²) in [6, 6.07) is 8.44. The van der Waals surface area contributed by atoms with Crippen LogP contribution in [0, 0.1) is 6.92 Å². The van der Waals surface area contributed by atoms with Crippen LogP contribution >= 0.6 is 0 Å². The van der Waals surface area contributed by atoms with E-state index < -0.39 is 0 Å². The van der Waals surface area contributed by atoms with Crippen LogP contribution in [0.1, 0.15) is 11.1 Å². The molecule has 3 N–H and O–H groups in total. The summed E-state index contributed by atoms with van der Waals surface area (Å²) in [4.78, 5) is 0. The molecule has 0 saturated carbocycles. The van der Waals surface area contributed by atoms with Crippen molar-refractivity contribution >= 4 is 0 Å². The molecule has 0 amide bonds. The largest absolute Gasteiger partial charge is 0.319 e. The summed E-state index contributed by atoms with van der Waals surface area (Å²) < 4.78 is 0. The number of nitrogens with two attached hydrogens (primary N) is 1. The maximum atomic E-state index is 6.13. The topological polar surface area (TPSA) is 38.0 Å². The molecular formula is C10H14N2. The van der Waals surface area contributed by atoms with E-state index in [9.17, 15) is 0 Å². The molecule has 1 aromatic carbocycles. The fourth-order valence-electron chi connectivity index (χ4n) is 1.55. The van der Waals surface area contributed by atoms with E-state index in [1.165, 1.54) is 11.1 Å². The van der Waals surface area contributed by atoms with E-state index in [4.69, 9.17) is 5.73 Å². The van der Waals surface area contributed by atoms with E-state index in [2.05, 4.69) is 36.5 Å². The smallest absolute Gasteiger partial charge is 0.0662 e. The first-order chi connectivity index (χ1) is 5.71. The van der Waals surface area contributed by atoms with Crippen LogP contribution in [0.15, 0.2) is 24.3 Å². The Morgan fingerprint density at radius 2 is 2.17 bits per heavy atom. The Morgan fingerprint density at radius 1 is 1.42 bits per heavy atom.